The van der Waals surface area contributed by atoms with E-state index in [9.17, 15) is 4.79 Å². The van der Waals surface area contributed by atoms with E-state index >= 15 is 0 Å². The lowest BCUT2D eigenvalue weighted by molar-refractivity contribution is -0.125. The molecule has 1 aromatic carbocycles. The van der Waals surface area contributed by atoms with Crippen molar-refractivity contribution in [3.63, 3.8) is 0 Å². The fraction of sp³-hybridized carbons (Fsp3) is 0.312. The van der Waals surface area contributed by atoms with E-state index < -0.39 is 0 Å². The summed E-state index contributed by atoms with van der Waals surface area (Å²) in [5, 5.41) is 0.989. The molecular formula is C16H17N5O2. The molecule has 3 N–H and O–H groups in total. The van der Waals surface area contributed by atoms with Gasteiger partial charge in [-0.15, -0.1) is 0 Å². The number of furan rings is 1. The molecule has 1 aliphatic rings. The lowest BCUT2D eigenvalue weighted by atomic mass is 9.96. The number of benzene rings is 1. The van der Waals surface area contributed by atoms with Crippen LogP contribution in [0.5, 0.6) is 0 Å². The number of nitrogens with one attached hydrogen (secondary N) is 1. The minimum absolute atomic E-state index is 0.0377. The number of anilines is 1. The van der Waals surface area contributed by atoms with Crippen LogP contribution in [0.15, 0.2) is 35.0 Å². The molecule has 0 saturated carbocycles. The maximum absolute atomic E-state index is 11.6. The van der Waals surface area contributed by atoms with Crippen LogP contribution in [0.3, 0.4) is 0 Å². The molecule has 7 heteroatoms. The van der Waals surface area contributed by atoms with E-state index in [1.807, 2.05) is 24.3 Å². The van der Waals surface area contributed by atoms with E-state index in [-0.39, 0.29) is 11.8 Å². The van der Waals surface area contributed by atoms with Crippen molar-refractivity contribution in [1.29, 1.82) is 0 Å². The Balaban J connectivity index is 1.69. The summed E-state index contributed by atoms with van der Waals surface area (Å²) >= 11 is 0. The fourth-order valence-corrected chi connectivity index (χ4v) is 3.21. The van der Waals surface area contributed by atoms with Crippen LogP contribution in [-0.4, -0.2) is 29.0 Å². The second-order valence-corrected chi connectivity index (χ2v) is 5.74. The number of carbonyl (C=O) groups excluding carboxylic acids is 1. The van der Waals surface area contributed by atoms with Crippen molar-refractivity contribution in [2.45, 2.75) is 12.8 Å². The lowest BCUT2D eigenvalue weighted by Crippen LogP contribution is -2.43. The van der Waals surface area contributed by atoms with Crippen LogP contribution in [0.1, 0.15) is 12.8 Å². The molecule has 1 aliphatic heterocycles. The molecule has 0 spiro atoms. The maximum atomic E-state index is 11.6. The van der Waals surface area contributed by atoms with Crippen LogP contribution in [0, 0.1) is 5.92 Å². The van der Waals surface area contributed by atoms with Gasteiger partial charge in [-0.2, -0.15) is 0 Å². The summed E-state index contributed by atoms with van der Waals surface area (Å²) in [7, 11) is 0. The summed E-state index contributed by atoms with van der Waals surface area (Å²) in [6, 6.07) is 7.83. The van der Waals surface area contributed by atoms with Crippen molar-refractivity contribution >= 4 is 33.8 Å². The topological polar surface area (TPSA) is 97.3 Å². The minimum Gasteiger partial charge on any atom is -0.450 e. The van der Waals surface area contributed by atoms with Crippen LogP contribution in [-0.2, 0) is 4.79 Å². The summed E-state index contributed by atoms with van der Waals surface area (Å²) in [5.74, 6) is 5.87. The normalized spacial score (nSPS) is 16.1. The molecule has 0 radical (unpaired) electrons. The molecule has 1 fully saturated rings. The molecule has 0 aliphatic carbocycles. The summed E-state index contributed by atoms with van der Waals surface area (Å²) in [6.07, 6.45) is 3.06. The van der Waals surface area contributed by atoms with Gasteiger partial charge in [-0.25, -0.2) is 15.8 Å². The first-order valence-corrected chi connectivity index (χ1v) is 7.65. The van der Waals surface area contributed by atoms with Gasteiger partial charge in [0.25, 0.3) is 0 Å². The number of rotatable bonds is 2. The van der Waals surface area contributed by atoms with Crippen molar-refractivity contribution in [3.05, 3.63) is 30.6 Å². The average Bonchev–Trinajstić information content (AvgIpc) is 3.00. The highest BCUT2D eigenvalue weighted by Gasteiger charge is 2.27. The van der Waals surface area contributed by atoms with Gasteiger partial charge in [0.05, 0.1) is 0 Å². The summed E-state index contributed by atoms with van der Waals surface area (Å²) < 4.78 is 5.97. The van der Waals surface area contributed by atoms with Crippen LogP contribution in [0.2, 0.25) is 0 Å². The molecular weight excluding hydrogens is 294 g/mol. The smallest absolute Gasteiger partial charge is 0.237 e. The van der Waals surface area contributed by atoms with Crippen LogP contribution in [0.25, 0.3) is 22.1 Å². The number of nitrogens with two attached hydrogens (primary N) is 1. The molecule has 1 amide bonds. The zero-order valence-corrected chi connectivity index (χ0v) is 12.5. The van der Waals surface area contributed by atoms with Gasteiger partial charge in [0.15, 0.2) is 11.4 Å². The molecule has 7 nitrogen and oxygen atoms in total. The number of amides is 1. The summed E-state index contributed by atoms with van der Waals surface area (Å²) in [4.78, 5) is 22.6. The average molecular weight is 311 g/mol. The lowest BCUT2D eigenvalue weighted by Gasteiger charge is -2.31. The zero-order valence-electron chi connectivity index (χ0n) is 12.5. The molecule has 4 rings (SSSR count). The predicted molar refractivity (Wildman–Crippen MR) is 86.6 cm³/mol. The van der Waals surface area contributed by atoms with E-state index in [0.717, 1.165) is 48.2 Å². The van der Waals surface area contributed by atoms with Gasteiger partial charge in [-0.3, -0.25) is 10.2 Å². The van der Waals surface area contributed by atoms with Crippen LogP contribution >= 0.6 is 0 Å². The van der Waals surface area contributed by atoms with E-state index in [0.29, 0.717) is 5.58 Å². The number of nitrogens with zero attached hydrogens (tertiary/aromatic N) is 3. The second kappa shape index (κ2) is 5.51. The Bertz CT molecular complexity index is 867. The molecule has 118 valence electrons. The van der Waals surface area contributed by atoms with Gasteiger partial charge in [0.2, 0.25) is 5.91 Å². The van der Waals surface area contributed by atoms with E-state index in [4.69, 9.17) is 10.3 Å². The largest absolute Gasteiger partial charge is 0.450 e. The van der Waals surface area contributed by atoms with Crippen molar-refractivity contribution < 1.29 is 9.21 Å². The highest BCUT2D eigenvalue weighted by molar-refractivity contribution is 6.05. The number of hydrogen-bond acceptors (Lipinski definition) is 6. The fourth-order valence-electron chi connectivity index (χ4n) is 3.21. The van der Waals surface area contributed by atoms with E-state index in [1.165, 1.54) is 0 Å². The van der Waals surface area contributed by atoms with Crippen molar-refractivity contribution in [2.75, 3.05) is 18.0 Å². The molecule has 3 heterocycles. The molecule has 0 bridgehead atoms. The highest BCUT2D eigenvalue weighted by atomic mass is 16.3. The van der Waals surface area contributed by atoms with Crippen molar-refractivity contribution in [1.82, 2.24) is 15.4 Å². The first-order chi connectivity index (χ1) is 11.3. The van der Waals surface area contributed by atoms with Gasteiger partial charge in [0, 0.05) is 24.4 Å². The zero-order chi connectivity index (χ0) is 15.8. The highest BCUT2D eigenvalue weighted by Crippen LogP contribution is 2.33. The first-order valence-electron chi connectivity index (χ1n) is 7.65. The second-order valence-electron chi connectivity index (χ2n) is 5.74. The predicted octanol–water partition coefficient (Wildman–Crippen LogP) is 1.58. The number of carbonyl (C=O) groups is 1. The maximum Gasteiger partial charge on any atom is 0.237 e. The summed E-state index contributed by atoms with van der Waals surface area (Å²) in [5.41, 5.74) is 4.57. The van der Waals surface area contributed by atoms with Gasteiger partial charge < -0.3 is 9.32 Å². The van der Waals surface area contributed by atoms with Gasteiger partial charge >= 0.3 is 0 Å². The number of aromatic nitrogens is 2. The third kappa shape index (κ3) is 2.29. The van der Waals surface area contributed by atoms with Crippen LogP contribution < -0.4 is 16.2 Å². The van der Waals surface area contributed by atoms with Gasteiger partial charge in [-0.05, 0) is 25.0 Å². The monoisotopic (exact) mass is 311 g/mol. The van der Waals surface area contributed by atoms with E-state index in [1.54, 1.807) is 6.33 Å². The third-order valence-electron chi connectivity index (χ3n) is 4.45. The molecule has 3 aromatic rings. The Morgan fingerprint density at radius 2 is 2.04 bits per heavy atom. The molecule has 1 saturated heterocycles. The third-order valence-corrected chi connectivity index (χ3v) is 4.45. The first kappa shape index (κ1) is 14.0. The minimum atomic E-state index is -0.0961. The number of para-hydroxylation sites is 1. The SMILES string of the molecule is NNC(=O)C1CCN(c2ncnc3c2oc2ccccc23)CC1. The Hall–Kier alpha value is -2.67. The molecule has 23 heavy (non-hydrogen) atoms. The van der Waals surface area contributed by atoms with Crippen molar-refractivity contribution in [2.24, 2.45) is 11.8 Å². The Morgan fingerprint density at radius 1 is 1.26 bits per heavy atom. The number of fused-ring (bicyclic) bond motifs is 3. The Labute approximate surface area is 132 Å². The number of hydrazine groups is 1. The van der Waals surface area contributed by atoms with Gasteiger partial charge in [-0.1, -0.05) is 12.1 Å². The Morgan fingerprint density at radius 3 is 2.83 bits per heavy atom. The number of piperidine rings is 1. The Kier molecular flexibility index (Phi) is 3.34. The summed E-state index contributed by atoms with van der Waals surface area (Å²) in [6.45, 7) is 1.47. The van der Waals surface area contributed by atoms with Gasteiger partial charge in [0.1, 0.15) is 17.4 Å². The number of hydrogen-bond donors (Lipinski definition) is 2. The standard InChI is InChI=1S/C16H17N5O2/c17-20-16(22)10-5-7-21(8-6-10)15-14-13(18-9-19-15)11-3-1-2-4-12(11)23-14/h1-4,9-10H,5-8,17H2,(H,20,22). The molecule has 0 unspecified atom stereocenters. The van der Waals surface area contributed by atoms with E-state index in [2.05, 4.69) is 20.3 Å². The van der Waals surface area contributed by atoms with Crippen molar-refractivity contribution in [3.8, 4) is 0 Å². The quantitative estimate of drug-likeness (QED) is 0.424. The molecule has 2 aromatic heterocycles. The van der Waals surface area contributed by atoms with Crippen LogP contribution in [0.4, 0.5) is 5.82 Å². The molecule has 0 atom stereocenters.